The number of nitrogens with two attached hydrogens (primary N) is 1. The van der Waals surface area contributed by atoms with E-state index in [2.05, 4.69) is 5.32 Å². The van der Waals surface area contributed by atoms with Crippen molar-refractivity contribution in [3.63, 3.8) is 0 Å². The van der Waals surface area contributed by atoms with E-state index in [1.54, 1.807) is 37.3 Å². The lowest BCUT2D eigenvalue weighted by Gasteiger charge is -2.22. The molecule has 2 aliphatic rings. The van der Waals surface area contributed by atoms with Crippen LogP contribution in [0.25, 0.3) is 11.1 Å². The zero-order valence-electron chi connectivity index (χ0n) is 15.2. The summed E-state index contributed by atoms with van der Waals surface area (Å²) in [6.07, 6.45) is 0.616. The molecule has 1 fully saturated rings. The third kappa shape index (κ3) is 2.80. The molecule has 2 aliphatic heterocycles. The van der Waals surface area contributed by atoms with Crippen LogP contribution in [0.3, 0.4) is 0 Å². The molecule has 140 valence electrons. The SMILES string of the molecule is COc1ccc(-c2ccc3c(c2)C(=O)N2CC[C@H](N)[C@H]2C(=O)N3)c(OC)c1. The number of ether oxygens (including phenoxy) is 2. The van der Waals surface area contributed by atoms with Crippen LogP contribution in [0.1, 0.15) is 16.8 Å². The van der Waals surface area contributed by atoms with Crippen LogP contribution in [0.15, 0.2) is 36.4 Å². The number of benzene rings is 2. The summed E-state index contributed by atoms with van der Waals surface area (Å²) < 4.78 is 10.7. The second kappa shape index (κ2) is 6.59. The van der Waals surface area contributed by atoms with Crippen molar-refractivity contribution in [2.45, 2.75) is 18.5 Å². The molecule has 4 rings (SSSR count). The molecule has 0 aromatic heterocycles. The Bertz CT molecular complexity index is 927. The van der Waals surface area contributed by atoms with Crippen molar-refractivity contribution in [1.82, 2.24) is 4.90 Å². The summed E-state index contributed by atoms with van der Waals surface area (Å²) in [4.78, 5) is 27.2. The Labute approximate surface area is 157 Å². The van der Waals surface area contributed by atoms with Crippen LogP contribution in [-0.4, -0.2) is 49.6 Å². The average molecular weight is 367 g/mol. The maximum atomic E-state index is 13.1. The van der Waals surface area contributed by atoms with Crippen LogP contribution >= 0.6 is 0 Å². The van der Waals surface area contributed by atoms with Gasteiger partial charge in [-0.3, -0.25) is 9.59 Å². The van der Waals surface area contributed by atoms with Gasteiger partial charge in [-0.15, -0.1) is 0 Å². The lowest BCUT2D eigenvalue weighted by Crippen LogP contribution is -2.48. The molecule has 1 saturated heterocycles. The van der Waals surface area contributed by atoms with E-state index in [0.29, 0.717) is 35.7 Å². The maximum Gasteiger partial charge on any atom is 0.256 e. The van der Waals surface area contributed by atoms with Crippen molar-refractivity contribution in [3.05, 3.63) is 42.0 Å². The Morgan fingerprint density at radius 2 is 1.89 bits per heavy atom. The largest absolute Gasteiger partial charge is 0.497 e. The van der Waals surface area contributed by atoms with Crippen LogP contribution in [0.2, 0.25) is 0 Å². The first-order valence-electron chi connectivity index (χ1n) is 8.77. The van der Waals surface area contributed by atoms with Gasteiger partial charge in [-0.1, -0.05) is 6.07 Å². The molecule has 0 radical (unpaired) electrons. The molecule has 7 heteroatoms. The van der Waals surface area contributed by atoms with Crippen molar-refractivity contribution in [1.29, 1.82) is 0 Å². The number of rotatable bonds is 3. The van der Waals surface area contributed by atoms with Crippen molar-refractivity contribution < 1.29 is 19.1 Å². The molecule has 2 heterocycles. The van der Waals surface area contributed by atoms with Crippen LogP contribution < -0.4 is 20.5 Å². The van der Waals surface area contributed by atoms with Gasteiger partial charge in [0.25, 0.3) is 5.91 Å². The zero-order valence-corrected chi connectivity index (χ0v) is 15.2. The van der Waals surface area contributed by atoms with Gasteiger partial charge >= 0.3 is 0 Å². The van der Waals surface area contributed by atoms with Gasteiger partial charge in [0.2, 0.25) is 5.91 Å². The predicted molar refractivity (Wildman–Crippen MR) is 101 cm³/mol. The summed E-state index contributed by atoms with van der Waals surface area (Å²) >= 11 is 0. The van der Waals surface area contributed by atoms with Crippen molar-refractivity contribution >= 4 is 17.5 Å². The normalized spacial score (nSPS) is 21.2. The minimum absolute atomic E-state index is 0.185. The van der Waals surface area contributed by atoms with E-state index in [4.69, 9.17) is 15.2 Å². The Hall–Kier alpha value is -3.06. The van der Waals surface area contributed by atoms with Gasteiger partial charge in [0, 0.05) is 24.2 Å². The van der Waals surface area contributed by atoms with Gasteiger partial charge in [-0.05, 0) is 36.2 Å². The Kier molecular flexibility index (Phi) is 4.24. The summed E-state index contributed by atoms with van der Waals surface area (Å²) in [5, 5.41) is 2.85. The summed E-state index contributed by atoms with van der Waals surface area (Å²) in [6.45, 7) is 0.480. The number of nitrogens with zero attached hydrogens (tertiary/aromatic N) is 1. The van der Waals surface area contributed by atoms with Crippen molar-refractivity contribution in [3.8, 4) is 22.6 Å². The molecule has 0 bridgehead atoms. The highest BCUT2D eigenvalue weighted by Gasteiger charge is 2.43. The van der Waals surface area contributed by atoms with E-state index >= 15 is 0 Å². The Morgan fingerprint density at radius 1 is 1.07 bits per heavy atom. The number of methoxy groups -OCH3 is 2. The van der Waals surface area contributed by atoms with Gasteiger partial charge in [0.1, 0.15) is 17.5 Å². The minimum atomic E-state index is -0.621. The molecule has 27 heavy (non-hydrogen) atoms. The maximum absolute atomic E-state index is 13.1. The first-order chi connectivity index (χ1) is 13.0. The number of carbonyl (C=O) groups is 2. The van der Waals surface area contributed by atoms with Crippen molar-refractivity contribution in [2.24, 2.45) is 5.73 Å². The number of fused-ring (bicyclic) bond motifs is 2. The highest BCUT2D eigenvalue weighted by molar-refractivity contribution is 6.11. The van der Waals surface area contributed by atoms with Crippen LogP contribution in [0.5, 0.6) is 11.5 Å². The van der Waals surface area contributed by atoms with E-state index in [1.807, 2.05) is 18.2 Å². The first-order valence-corrected chi connectivity index (χ1v) is 8.77. The second-order valence-corrected chi connectivity index (χ2v) is 6.71. The first kappa shape index (κ1) is 17.4. The lowest BCUT2D eigenvalue weighted by molar-refractivity contribution is -0.119. The molecule has 2 aromatic rings. The number of carbonyl (C=O) groups excluding carboxylic acids is 2. The molecule has 2 aromatic carbocycles. The topological polar surface area (TPSA) is 93.9 Å². The fourth-order valence-corrected chi connectivity index (χ4v) is 3.78. The van der Waals surface area contributed by atoms with E-state index < -0.39 is 6.04 Å². The molecule has 0 spiro atoms. The molecule has 0 aliphatic carbocycles. The molecule has 2 amide bonds. The summed E-state index contributed by atoms with van der Waals surface area (Å²) in [5.41, 5.74) is 8.66. The van der Waals surface area contributed by atoms with Crippen LogP contribution in [0.4, 0.5) is 5.69 Å². The van der Waals surface area contributed by atoms with Gasteiger partial charge in [-0.2, -0.15) is 0 Å². The summed E-state index contributed by atoms with van der Waals surface area (Å²) in [7, 11) is 3.18. The number of hydrogen-bond acceptors (Lipinski definition) is 5. The van der Waals surface area contributed by atoms with Crippen molar-refractivity contribution in [2.75, 3.05) is 26.1 Å². The Balaban J connectivity index is 1.79. The Morgan fingerprint density at radius 3 is 2.63 bits per heavy atom. The number of hydrogen-bond donors (Lipinski definition) is 2. The molecule has 3 N–H and O–H groups in total. The van der Waals surface area contributed by atoms with Crippen LogP contribution in [-0.2, 0) is 4.79 Å². The smallest absolute Gasteiger partial charge is 0.256 e. The molecule has 2 atom stereocenters. The predicted octanol–water partition coefficient (Wildman–Crippen LogP) is 1.86. The quantitative estimate of drug-likeness (QED) is 0.864. The second-order valence-electron chi connectivity index (χ2n) is 6.71. The summed E-state index contributed by atoms with van der Waals surface area (Å²) in [5.74, 6) is 0.903. The number of amides is 2. The van der Waals surface area contributed by atoms with E-state index in [-0.39, 0.29) is 17.9 Å². The molecular weight excluding hydrogens is 346 g/mol. The van der Waals surface area contributed by atoms with E-state index in [0.717, 1.165) is 11.1 Å². The van der Waals surface area contributed by atoms with Crippen LogP contribution in [0, 0.1) is 0 Å². The molecular formula is C20H21N3O4. The number of anilines is 1. The fourth-order valence-electron chi connectivity index (χ4n) is 3.78. The molecule has 0 saturated carbocycles. The van der Waals surface area contributed by atoms with Gasteiger partial charge < -0.3 is 25.4 Å². The standard InChI is InChI=1S/C20H21N3O4/c1-26-12-4-5-13(17(10-12)27-2)11-3-6-16-14(9-11)20(25)23-8-7-15(21)18(23)19(24)22-16/h3-6,9-10,15,18H,7-8,21H2,1-2H3,(H,22,24)/t15-,18-/m0/s1. The fraction of sp³-hybridized carbons (Fsp3) is 0.300. The van der Waals surface area contributed by atoms with E-state index in [1.165, 1.54) is 0 Å². The third-order valence-electron chi connectivity index (χ3n) is 5.20. The van der Waals surface area contributed by atoms with Gasteiger partial charge in [0.05, 0.1) is 25.5 Å². The van der Waals surface area contributed by atoms with Gasteiger partial charge in [-0.25, -0.2) is 0 Å². The molecule has 0 unspecified atom stereocenters. The number of nitrogens with one attached hydrogen (secondary N) is 1. The highest BCUT2D eigenvalue weighted by Crippen LogP contribution is 2.36. The average Bonchev–Trinajstić information content (AvgIpc) is 3.04. The molecule has 7 nitrogen and oxygen atoms in total. The van der Waals surface area contributed by atoms with Gasteiger partial charge in [0.15, 0.2) is 0 Å². The lowest BCUT2D eigenvalue weighted by atomic mass is 10.00. The summed E-state index contributed by atoms with van der Waals surface area (Å²) in [6, 6.07) is 9.93. The minimum Gasteiger partial charge on any atom is -0.497 e. The zero-order chi connectivity index (χ0) is 19.1. The third-order valence-corrected chi connectivity index (χ3v) is 5.20. The monoisotopic (exact) mass is 367 g/mol. The van der Waals surface area contributed by atoms with E-state index in [9.17, 15) is 9.59 Å². The highest BCUT2D eigenvalue weighted by atomic mass is 16.5.